The van der Waals surface area contributed by atoms with Crippen molar-refractivity contribution in [1.29, 1.82) is 0 Å². The molecule has 0 radical (unpaired) electrons. The summed E-state index contributed by atoms with van der Waals surface area (Å²) in [6.07, 6.45) is 0. The molecule has 2 nitrogen and oxygen atoms in total. The third-order valence-electron chi connectivity index (χ3n) is 3.73. The fourth-order valence-corrected chi connectivity index (χ4v) is 4.45. The summed E-state index contributed by atoms with van der Waals surface area (Å²) < 4.78 is 12.6. The van der Waals surface area contributed by atoms with Crippen LogP contribution in [0.2, 0.25) is 12.1 Å². The van der Waals surface area contributed by atoms with E-state index in [4.69, 9.17) is 8.85 Å². The molecule has 2 aromatic carbocycles. The Balaban J connectivity index is 2.19. The lowest BCUT2D eigenvalue weighted by atomic mass is 10.2. The smallest absolute Gasteiger partial charge is 0.459 e. The van der Waals surface area contributed by atoms with Crippen molar-refractivity contribution in [2.75, 3.05) is 0 Å². The summed E-state index contributed by atoms with van der Waals surface area (Å²) in [5.41, 5.74) is 2.48. The molecule has 0 fully saturated rings. The molecule has 0 aliphatic rings. The molecule has 0 saturated heterocycles. The fourth-order valence-electron chi connectivity index (χ4n) is 2.20. The van der Waals surface area contributed by atoms with E-state index in [1.165, 1.54) is 11.1 Å². The average molecular weight is 300 g/mol. The zero-order chi connectivity index (χ0) is 15.3. The van der Waals surface area contributed by atoms with Crippen molar-refractivity contribution >= 4 is 8.56 Å². The maximum Gasteiger partial charge on any atom is 0.459 e. The highest BCUT2D eigenvalue weighted by Gasteiger charge is 2.38. The Kier molecular flexibility index (Phi) is 5.07. The normalized spacial score (nSPS) is 11.2. The van der Waals surface area contributed by atoms with Gasteiger partial charge in [0.15, 0.2) is 0 Å². The number of hydrogen-bond donors (Lipinski definition) is 0. The largest absolute Gasteiger partial charge is 0.512 e. The minimum absolute atomic E-state index is 0.906. The third-order valence-corrected chi connectivity index (χ3v) is 7.10. The minimum atomic E-state index is -2.26. The molecule has 0 N–H and O–H groups in total. The molecule has 0 spiro atoms. The van der Waals surface area contributed by atoms with Gasteiger partial charge in [0.25, 0.3) is 0 Å². The van der Waals surface area contributed by atoms with Gasteiger partial charge in [-0.1, -0.05) is 49.2 Å². The number of benzene rings is 2. The van der Waals surface area contributed by atoms with Crippen LogP contribution in [0.3, 0.4) is 0 Å². The second-order valence-electron chi connectivity index (χ2n) is 5.45. The zero-order valence-corrected chi connectivity index (χ0v) is 14.3. The minimum Gasteiger partial charge on any atom is -0.512 e. The van der Waals surface area contributed by atoms with Crippen LogP contribution in [0, 0.1) is 13.8 Å². The molecule has 0 heterocycles. The van der Waals surface area contributed by atoms with Gasteiger partial charge < -0.3 is 8.85 Å². The zero-order valence-electron chi connectivity index (χ0n) is 13.3. The molecule has 0 aliphatic carbocycles. The SMILES string of the molecule is CC[Si](CC)(Oc1ccc(C)cc1)Oc1ccc(C)cc1. The van der Waals surface area contributed by atoms with Crippen molar-refractivity contribution in [3.8, 4) is 11.5 Å². The Labute approximate surface area is 129 Å². The topological polar surface area (TPSA) is 18.5 Å². The molecule has 0 saturated carbocycles. The van der Waals surface area contributed by atoms with E-state index in [0.717, 1.165) is 23.6 Å². The summed E-state index contributed by atoms with van der Waals surface area (Å²) in [5, 5.41) is 0. The number of hydrogen-bond acceptors (Lipinski definition) is 2. The van der Waals surface area contributed by atoms with E-state index in [1.807, 2.05) is 24.3 Å². The van der Waals surface area contributed by atoms with Crippen LogP contribution in [0.4, 0.5) is 0 Å². The summed E-state index contributed by atoms with van der Waals surface area (Å²) in [4.78, 5) is 0. The molecule has 0 amide bonds. The first-order valence-corrected chi connectivity index (χ1v) is 9.81. The number of aryl methyl sites for hydroxylation is 2. The molecule has 2 aromatic rings. The van der Waals surface area contributed by atoms with Gasteiger partial charge in [-0.3, -0.25) is 0 Å². The van der Waals surface area contributed by atoms with E-state index in [9.17, 15) is 0 Å². The van der Waals surface area contributed by atoms with Crippen LogP contribution in [-0.2, 0) is 0 Å². The van der Waals surface area contributed by atoms with Gasteiger partial charge in [-0.05, 0) is 38.1 Å². The monoisotopic (exact) mass is 300 g/mol. The summed E-state index contributed by atoms with van der Waals surface area (Å²) in [7, 11) is -2.26. The molecule has 112 valence electrons. The molecular weight excluding hydrogens is 276 g/mol. The first-order valence-electron chi connectivity index (χ1n) is 7.58. The number of rotatable bonds is 6. The van der Waals surface area contributed by atoms with Crippen LogP contribution in [0.15, 0.2) is 48.5 Å². The molecule has 0 unspecified atom stereocenters. The Hall–Kier alpha value is -1.74. The Bertz CT molecular complexity index is 507. The van der Waals surface area contributed by atoms with Crippen LogP contribution in [-0.4, -0.2) is 8.56 Å². The molecule has 0 atom stereocenters. The molecule has 0 aromatic heterocycles. The molecule has 21 heavy (non-hydrogen) atoms. The van der Waals surface area contributed by atoms with Crippen molar-refractivity contribution < 1.29 is 8.85 Å². The van der Waals surface area contributed by atoms with E-state index < -0.39 is 8.56 Å². The fraction of sp³-hybridized carbons (Fsp3) is 0.333. The Morgan fingerprint density at radius 1 is 0.667 bits per heavy atom. The average Bonchev–Trinajstić information content (AvgIpc) is 2.51. The predicted molar refractivity (Wildman–Crippen MR) is 90.3 cm³/mol. The van der Waals surface area contributed by atoms with Crippen molar-refractivity contribution in [2.24, 2.45) is 0 Å². The summed E-state index contributed by atoms with van der Waals surface area (Å²) >= 11 is 0. The lowest BCUT2D eigenvalue weighted by molar-refractivity contribution is 0.381. The van der Waals surface area contributed by atoms with Crippen LogP contribution >= 0.6 is 0 Å². The van der Waals surface area contributed by atoms with E-state index in [2.05, 4.69) is 52.0 Å². The van der Waals surface area contributed by atoms with E-state index >= 15 is 0 Å². The first-order chi connectivity index (χ1) is 10.1. The second-order valence-corrected chi connectivity index (χ2v) is 9.09. The quantitative estimate of drug-likeness (QED) is 0.679. The van der Waals surface area contributed by atoms with E-state index in [0.29, 0.717) is 0 Å². The highest BCUT2D eigenvalue weighted by Crippen LogP contribution is 2.26. The van der Waals surface area contributed by atoms with Gasteiger partial charge in [-0.15, -0.1) is 0 Å². The lowest BCUT2D eigenvalue weighted by Crippen LogP contribution is -2.47. The third kappa shape index (κ3) is 4.11. The van der Waals surface area contributed by atoms with Crippen molar-refractivity contribution in [1.82, 2.24) is 0 Å². The second kappa shape index (κ2) is 6.81. The van der Waals surface area contributed by atoms with Gasteiger partial charge in [-0.2, -0.15) is 0 Å². The molecule has 0 aliphatic heterocycles. The summed E-state index contributed by atoms with van der Waals surface area (Å²) in [5.74, 6) is 1.81. The summed E-state index contributed by atoms with van der Waals surface area (Å²) in [6.45, 7) is 8.46. The molecule has 2 rings (SSSR count). The Morgan fingerprint density at radius 3 is 1.29 bits per heavy atom. The van der Waals surface area contributed by atoms with Gasteiger partial charge >= 0.3 is 8.56 Å². The molecule has 3 heteroatoms. The van der Waals surface area contributed by atoms with Gasteiger partial charge in [0.1, 0.15) is 11.5 Å². The lowest BCUT2D eigenvalue weighted by Gasteiger charge is -2.30. The predicted octanol–water partition coefficient (Wildman–Crippen LogP) is 5.24. The standard InChI is InChI=1S/C18H24O2Si/c1-5-21(6-2,19-17-11-7-15(3)8-12-17)20-18-13-9-16(4)10-14-18/h7-14H,5-6H2,1-4H3. The van der Waals surface area contributed by atoms with Crippen molar-refractivity contribution in [3.63, 3.8) is 0 Å². The maximum atomic E-state index is 6.31. The summed E-state index contributed by atoms with van der Waals surface area (Å²) in [6, 6.07) is 18.3. The van der Waals surface area contributed by atoms with Gasteiger partial charge in [0.05, 0.1) is 0 Å². The first kappa shape index (κ1) is 15.6. The molecular formula is C18H24O2Si. The van der Waals surface area contributed by atoms with Crippen LogP contribution in [0.5, 0.6) is 11.5 Å². The van der Waals surface area contributed by atoms with Gasteiger partial charge in [0, 0.05) is 12.1 Å². The molecule has 0 bridgehead atoms. The van der Waals surface area contributed by atoms with Gasteiger partial charge in [0.2, 0.25) is 0 Å². The highest BCUT2D eigenvalue weighted by atomic mass is 28.4. The van der Waals surface area contributed by atoms with Crippen LogP contribution in [0.25, 0.3) is 0 Å². The van der Waals surface area contributed by atoms with Crippen LogP contribution in [0.1, 0.15) is 25.0 Å². The Morgan fingerprint density at radius 2 is 1.00 bits per heavy atom. The van der Waals surface area contributed by atoms with E-state index in [1.54, 1.807) is 0 Å². The van der Waals surface area contributed by atoms with Crippen molar-refractivity contribution in [3.05, 3.63) is 59.7 Å². The maximum absolute atomic E-state index is 6.31. The van der Waals surface area contributed by atoms with Crippen molar-refractivity contribution in [2.45, 2.75) is 39.8 Å². The van der Waals surface area contributed by atoms with Gasteiger partial charge in [-0.25, -0.2) is 0 Å². The van der Waals surface area contributed by atoms with Crippen LogP contribution < -0.4 is 8.85 Å². The highest BCUT2D eigenvalue weighted by molar-refractivity contribution is 6.68. The van der Waals surface area contributed by atoms with E-state index in [-0.39, 0.29) is 0 Å².